The Morgan fingerprint density at radius 3 is 3.14 bits per heavy atom. The van der Waals surface area contributed by atoms with Crippen LogP contribution >= 0.6 is 0 Å². The summed E-state index contributed by atoms with van der Waals surface area (Å²) in [5.41, 5.74) is 5.66. The van der Waals surface area contributed by atoms with Gasteiger partial charge in [0.25, 0.3) is 0 Å². The maximum absolute atomic E-state index is 5.95. The van der Waals surface area contributed by atoms with Crippen molar-refractivity contribution in [1.82, 2.24) is 5.32 Å². The zero-order valence-electron chi connectivity index (χ0n) is 13.4. The summed E-state index contributed by atoms with van der Waals surface area (Å²) in [5.74, 6) is 1.61. The molecular weight excluding hydrogens is 264 g/mol. The first-order valence-electron chi connectivity index (χ1n) is 7.96. The highest BCUT2D eigenvalue weighted by Crippen LogP contribution is 2.41. The third-order valence-electron chi connectivity index (χ3n) is 4.66. The molecule has 0 spiro atoms. The van der Waals surface area contributed by atoms with E-state index in [9.17, 15) is 0 Å². The van der Waals surface area contributed by atoms with Crippen molar-refractivity contribution in [2.75, 3.05) is 51.4 Å². The van der Waals surface area contributed by atoms with E-state index in [2.05, 4.69) is 30.1 Å². The Balaban J connectivity index is 2.04. The summed E-state index contributed by atoms with van der Waals surface area (Å²) in [4.78, 5) is 2.42. The summed E-state index contributed by atoms with van der Waals surface area (Å²) in [5, 5.41) is 3.53. The lowest BCUT2D eigenvalue weighted by Gasteiger charge is -2.34. The minimum atomic E-state index is 0.555. The molecule has 0 radical (unpaired) electrons. The van der Waals surface area contributed by atoms with Crippen LogP contribution in [-0.4, -0.2) is 46.5 Å². The fourth-order valence-corrected chi connectivity index (χ4v) is 3.70. The molecule has 3 rings (SSSR count). The molecule has 0 fully saturated rings. The molecule has 21 heavy (non-hydrogen) atoms. The lowest BCUT2D eigenvalue weighted by molar-refractivity contribution is 0.201. The number of nitrogens with one attached hydrogen (secondary N) is 1. The average Bonchev–Trinajstić information content (AvgIpc) is 2.67. The second-order valence-electron chi connectivity index (χ2n) is 6.10. The van der Waals surface area contributed by atoms with E-state index in [1.807, 2.05) is 0 Å². The van der Waals surface area contributed by atoms with Gasteiger partial charge in [0.15, 0.2) is 0 Å². The predicted octanol–water partition coefficient (Wildman–Crippen LogP) is 2.09. The van der Waals surface area contributed by atoms with Crippen LogP contribution in [0.1, 0.15) is 29.5 Å². The number of hydrogen-bond donors (Lipinski definition) is 1. The molecule has 1 unspecified atom stereocenters. The van der Waals surface area contributed by atoms with Crippen LogP contribution in [-0.2, 0) is 11.2 Å². The number of rotatable bonds is 3. The summed E-state index contributed by atoms with van der Waals surface area (Å²) in [7, 11) is 1.76. The van der Waals surface area contributed by atoms with Crippen molar-refractivity contribution >= 4 is 5.69 Å². The molecule has 116 valence electrons. The number of methoxy groups -OCH3 is 1. The molecule has 1 atom stereocenters. The SMILES string of the molecule is COCCN1CCOc2cc3c(c(C)c21)C(C)CNCC3. The van der Waals surface area contributed by atoms with Crippen molar-refractivity contribution in [1.29, 1.82) is 0 Å². The monoisotopic (exact) mass is 290 g/mol. The highest BCUT2D eigenvalue weighted by atomic mass is 16.5. The maximum Gasteiger partial charge on any atom is 0.143 e. The Labute approximate surface area is 127 Å². The second kappa shape index (κ2) is 6.24. The van der Waals surface area contributed by atoms with E-state index < -0.39 is 0 Å². The van der Waals surface area contributed by atoms with Crippen LogP contribution < -0.4 is 15.0 Å². The molecule has 2 heterocycles. The van der Waals surface area contributed by atoms with Crippen molar-refractivity contribution in [2.24, 2.45) is 0 Å². The molecule has 2 aliphatic rings. The van der Waals surface area contributed by atoms with Gasteiger partial charge < -0.3 is 19.7 Å². The van der Waals surface area contributed by atoms with Crippen LogP contribution in [0.4, 0.5) is 5.69 Å². The fraction of sp³-hybridized carbons (Fsp3) is 0.647. The Bertz CT molecular complexity index is 516. The fourth-order valence-electron chi connectivity index (χ4n) is 3.70. The van der Waals surface area contributed by atoms with Gasteiger partial charge in [0.1, 0.15) is 12.4 Å². The zero-order valence-corrected chi connectivity index (χ0v) is 13.4. The van der Waals surface area contributed by atoms with Gasteiger partial charge in [-0.1, -0.05) is 6.92 Å². The van der Waals surface area contributed by atoms with Crippen LogP contribution in [0.5, 0.6) is 5.75 Å². The smallest absolute Gasteiger partial charge is 0.143 e. The molecule has 0 saturated carbocycles. The molecule has 1 aromatic carbocycles. The van der Waals surface area contributed by atoms with Crippen molar-refractivity contribution in [2.45, 2.75) is 26.2 Å². The number of fused-ring (bicyclic) bond motifs is 2. The van der Waals surface area contributed by atoms with Gasteiger partial charge in [0.05, 0.1) is 18.8 Å². The molecule has 1 aromatic rings. The number of ether oxygens (including phenoxy) is 2. The Morgan fingerprint density at radius 1 is 1.48 bits per heavy atom. The van der Waals surface area contributed by atoms with E-state index in [1.54, 1.807) is 7.11 Å². The van der Waals surface area contributed by atoms with Gasteiger partial charge in [-0.2, -0.15) is 0 Å². The molecule has 0 saturated heterocycles. The van der Waals surface area contributed by atoms with E-state index in [1.165, 1.54) is 22.4 Å². The van der Waals surface area contributed by atoms with Crippen molar-refractivity contribution in [3.05, 3.63) is 22.8 Å². The number of anilines is 1. The van der Waals surface area contributed by atoms with Gasteiger partial charge in [-0.3, -0.25) is 0 Å². The predicted molar refractivity (Wildman–Crippen MR) is 85.8 cm³/mol. The van der Waals surface area contributed by atoms with E-state index >= 15 is 0 Å². The lowest BCUT2D eigenvalue weighted by Crippen LogP contribution is -2.36. The normalized spacial score (nSPS) is 21.3. The summed E-state index contributed by atoms with van der Waals surface area (Å²) in [6, 6.07) is 2.28. The van der Waals surface area contributed by atoms with Gasteiger partial charge in [0.2, 0.25) is 0 Å². The molecule has 0 amide bonds. The van der Waals surface area contributed by atoms with Gasteiger partial charge in [-0.25, -0.2) is 0 Å². The van der Waals surface area contributed by atoms with Crippen molar-refractivity contribution in [3.8, 4) is 5.75 Å². The number of hydrogen-bond acceptors (Lipinski definition) is 4. The lowest BCUT2D eigenvalue weighted by atomic mass is 9.89. The number of nitrogens with zero attached hydrogens (tertiary/aromatic N) is 1. The first-order valence-corrected chi connectivity index (χ1v) is 7.96. The molecule has 0 aliphatic carbocycles. The summed E-state index contributed by atoms with van der Waals surface area (Å²) in [6.07, 6.45) is 1.09. The third-order valence-corrected chi connectivity index (χ3v) is 4.66. The van der Waals surface area contributed by atoms with Crippen LogP contribution in [0, 0.1) is 6.92 Å². The van der Waals surface area contributed by atoms with Crippen LogP contribution in [0.3, 0.4) is 0 Å². The van der Waals surface area contributed by atoms with E-state index in [0.717, 1.165) is 51.6 Å². The van der Waals surface area contributed by atoms with E-state index in [-0.39, 0.29) is 0 Å². The van der Waals surface area contributed by atoms with Crippen molar-refractivity contribution < 1.29 is 9.47 Å². The van der Waals surface area contributed by atoms with E-state index in [0.29, 0.717) is 5.92 Å². The largest absolute Gasteiger partial charge is 0.490 e. The first kappa shape index (κ1) is 14.7. The van der Waals surface area contributed by atoms with Gasteiger partial charge >= 0.3 is 0 Å². The van der Waals surface area contributed by atoms with E-state index in [4.69, 9.17) is 9.47 Å². The zero-order chi connectivity index (χ0) is 14.8. The van der Waals surface area contributed by atoms with Crippen LogP contribution in [0.2, 0.25) is 0 Å². The molecular formula is C17H26N2O2. The quantitative estimate of drug-likeness (QED) is 0.924. The summed E-state index contributed by atoms with van der Waals surface area (Å²) < 4.78 is 11.2. The first-order chi connectivity index (χ1) is 10.2. The van der Waals surface area contributed by atoms with Crippen LogP contribution in [0.15, 0.2) is 6.07 Å². The highest BCUT2D eigenvalue weighted by molar-refractivity contribution is 5.69. The van der Waals surface area contributed by atoms with Gasteiger partial charge in [-0.05, 0) is 48.6 Å². The summed E-state index contributed by atoms with van der Waals surface area (Å²) in [6.45, 7) is 10.1. The Kier molecular flexibility index (Phi) is 4.36. The van der Waals surface area contributed by atoms with Crippen molar-refractivity contribution in [3.63, 3.8) is 0 Å². The van der Waals surface area contributed by atoms with Gasteiger partial charge in [-0.15, -0.1) is 0 Å². The molecule has 4 heteroatoms. The second-order valence-corrected chi connectivity index (χ2v) is 6.10. The standard InChI is InChI=1S/C17H26N2O2/c1-12-11-18-5-4-14-10-15-17(13(2)16(12)14)19(6-8-20-3)7-9-21-15/h10,12,18H,4-9,11H2,1-3H3. The Morgan fingerprint density at radius 2 is 2.33 bits per heavy atom. The minimum Gasteiger partial charge on any atom is -0.490 e. The maximum atomic E-state index is 5.95. The third kappa shape index (κ3) is 2.74. The molecule has 4 nitrogen and oxygen atoms in total. The minimum absolute atomic E-state index is 0.555. The molecule has 1 N–H and O–H groups in total. The topological polar surface area (TPSA) is 33.7 Å². The summed E-state index contributed by atoms with van der Waals surface area (Å²) >= 11 is 0. The molecule has 2 aliphatic heterocycles. The molecule has 0 bridgehead atoms. The average molecular weight is 290 g/mol. The number of benzene rings is 1. The van der Waals surface area contributed by atoms with Gasteiger partial charge in [0, 0.05) is 20.2 Å². The van der Waals surface area contributed by atoms with Crippen LogP contribution in [0.25, 0.3) is 0 Å². The molecule has 0 aromatic heterocycles. The Hall–Kier alpha value is -1.26. The highest BCUT2D eigenvalue weighted by Gasteiger charge is 2.26.